The number of benzene rings is 1. The molecule has 2 N–H and O–H groups in total. The molecule has 1 amide bonds. The van der Waals surface area contributed by atoms with Gasteiger partial charge in [0.05, 0.1) is 19.8 Å². The monoisotopic (exact) mass is 276 g/mol. The molecule has 1 aromatic carbocycles. The van der Waals surface area contributed by atoms with Crippen molar-refractivity contribution in [2.75, 3.05) is 33.0 Å². The van der Waals surface area contributed by atoms with Crippen LogP contribution in [-0.2, 0) is 0 Å². The van der Waals surface area contributed by atoms with Crippen molar-refractivity contribution in [2.45, 2.75) is 13.3 Å². The van der Waals surface area contributed by atoms with Gasteiger partial charge in [0, 0.05) is 24.8 Å². The van der Waals surface area contributed by atoms with Gasteiger partial charge in [-0.3, -0.25) is 4.79 Å². The first-order valence-electron chi connectivity index (χ1n) is 6.53. The SMILES string of the molecule is COc1cc(N)c(C(=O)N2CCC=C(C)C2)cc1OC. The fourth-order valence-corrected chi connectivity index (χ4v) is 2.34. The number of methoxy groups -OCH3 is 2. The summed E-state index contributed by atoms with van der Waals surface area (Å²) >= 11 is 0. The maximum absolute atomic E-state index is 12.6. The Hall–Kier alpha value is -2.17. The molecule has 5 nitrogen and oxygen atoms in total. The molecule has 1 aromatic rings. The molecule has 5 heteroatoms. The quantitative estimate of drug-likeness (QED) is 0.678. The van der Waals surface area contributed by atoms with E-state index in [0.717, 1.165) is 6.42 Å². The highest BCUT2D eigenvalue weighted by Gasteiger charge is 2.22. The summed E-state index contributed by atoms with van der Waals surface area (Å²) in [5, 5.41) is 0. The molecule has 0 radical (unpaired) electrons. The lowest BCUT2D eigenvalue weighted by Gasteiger charge is -2.27. The molecule has 0 atom stereocenters. The Morgan fingerprint density at radius 1 is 1.25 bits per heavy atom. The summed E-state index contributed by atoms with van der Waals surface area (Å²) < 4.78 is 10.4. The van der Waals surface area contributed by atoms with Crippen LogP contribution in [0.4, 0.5) is 5.69 Å². The molecule has 108 valence electrons. The molecule has 0 saturated carbocycles. The summed E-state index contributed by atoms with van der Waals surface area (Å²) in [4.78, 5) is 14.4. The van der Waals surface area contributed by atoms with Crippen LogP contribution in [0.25, 0.3) is 0 Å². The number of hydrogen-bond acceptors (Lipinski definition) is 4. The number of carbonyl (C=O) groups is 1. The summed E-state index contributed by atoms with van der Waals surface area (Å²) in [5.41, 5.74) is 8.02. The Morgan fingerprint density at radius 2 is 1.90 bits per heavy atom. The molecule has 1 aliphatic rings. The molecule has 0 fully saturated rings. The molecule has 0 saturated heterocycles. The van der Waals surface area contributed by atoms with Crippen molar-refractivity contribution in [1.29, 1.82) is 0 Å². The van der Waals surface area contributed by atoms with E-state index in [4.69, 9.17) is 15.2 Å². The van der Waals surface area contributed by atoms with Crippen molar-refractivity contribution in [3.8, 4) is 11.5 Å². The zero-order valence-corrected chi connectivity index (χ0v) is 12.1. The third-order valence-electron chi connectivity index (χ3n) is 3.41. The van der Waals surface area contributed by atoms with Gasteiger partial charge < -0.3 is 20.1 Å². The predicted molar refractivity (Wildman–Crippen MR) is 78.2 cm³/mol. The summed E-state index contributed by atoms with van der Waals surface area (Å²) in [6.45, 7) is 3.38. The second-order valence-corrected chi connectivity index (χ2v) is 4.86. The molecule has 0 aromatic heterocycles. The average molecular weight is 276 g/mol. The van der Waals surface area contributed by atoms with Crippen molar-refractivity contribution in [3.05, 3.63) is 29.3 Å². The maximum atomic E-state index is 12.6. The minimum absolute atomic E-state index is 0.0732. The highest BCUT2D eigenvalue weighted by Crippen LogP contribution is 2.32. The Balaban J connectivity index is 2.32. The highest BCUT2D eigenvalue weighted by atomic mass is 16.5. The van der Waals surface area contributed by atoms with E-state index in [1.54, 1.807) is 17.0 Å². The van der Waals surface area contributed by atoms with Crippen molar-refractivity contribution < 1.29 is 14.3 Å². The summed E-state index contributed by atoms with van der Waals surface area (Å²) in [7, 11) is 3.08. The fraction of sp³-hybridized carbons (Fsp3) is 0.400. The third-order valence-corrected chi connectivity index (χ3v) is 3.41. The molecule has 20 heavy (non-hydrogen) atoms. The number of ether oxygens (including phenoxy) is 2. The van der Waals surface area contributed by atoms with E-state index in [9.17, 15) is 4.79 Å². The topological polar surface area (TPSA) is 64.8 Å². The zero-order valence-electron chi connectivity index (χ0n) is 12.1. The first-order valence-corrected chi connectivity index (χ1v) is 6.53. The van der Waals surface area contributed by atoms with E-state index in [1.165, 1.54) is 19.8 Å². The number of nitrogen functional groups attached to an aromatic ring is 1. The lowest BCUT2D eigenvalue weighted by Crippen LogP contribution is -2.35. The number of nitrogens with two attached hydrogens (primary N) is 1. The third kappa shape index (κ3) is 2.71. The molecule has 0 unspecified atom stereocenters. The largest absolute Gasteiger partial charge is 0.493 e. The van der Waals surface area contributed by atoms with E-state index in [0.29, 0.717) is 35.8 Å². The Bertz CT molecular complexity index is 552. The fourth-order valence-electron chi connectivity index (χ4n) is 2.34. The summed E-state index contributed by atoms with van der Waals surface area (Å²) in [6.07, 6.45) is 3.03. The Kier molecular flexibility index (Phi) is 4.17. The standard InChI is InChI=1S/C15H20N2O3/c1-10-5-4-6-17(9-10)15(18)11-7-13(19-2)14(20-3)8-12(11)16/h5,7-8H,4,6,9,16H2,1-3H3. The Labute approximate surface area is 119 Å². The molecule has 0 bridgehead atoms. The van der Waals surface area contributed by atoms with Crippen LogP contribution in [0.5, 0.6) is 11.5 Å². The highest BCUT2D eigenvalue weighted by molar-refractivity contribution is 6.00. The lowest BCUT2D eigenvalue weighted by atomic mass is 10.1. The summed E-state index contributed by atoms with van der Waals surface area (Å²) in [6, 6.07) is 3.27. The zero-order chi connectivity index (χ0) is 14.7. The van der Waals surface area contributed by atoms with Crippen molar-refractivity contribution in [2.24, 2.45) is 0 Å². The van der Waals surface area contributed by atoms with E-state index in [-0.39, 0.29) is 5.91 Å². The van der Waals surface area contributed by atoms with Gasteiger partial charge in [0.1, 0.15) is 0 Å². The van der Waals surface area contributed by atoms with Gasteiger partial charge in [-0.05, 0) is 19.4 Å². The second-order valence-electron chi connectivity index (χ2n) is 4.86. The average Bonchev–Trinajstić information content (AvgIpc) is 2.46. The van der Waals surface area contributed by atoms with Gasteiger partial charge in [-0.15, -0.1) is 0 Å². The van der Waals surface area contributed by atoms with Gasteiger partial charge in [-0.2, -0.15) is 0 Å². The number of rotatable bonds is 3. The van der Waals surface area contributed by atoms with Gasteiger partial charge in [-0.1, -0.05) is 11.6 Å². The first kappa shape index (κ1) is 14.2. The molecular formula is C15H20N2O3. The number of amides is 1. The maximum Gasteiger partial charge on any atom is 0.256 e. The van der Waals surface area contributed by atoms with Crippen LogP contribution in [0.2, 0.25) is 0 Å². The normalized spacial score (nSPS) is 14.8. The predicted octanol–water partition coefficient (Wildman–Crippen LogP) is 2.08. The minimum atomic E-state index is -0.0732. The minimum Gasteiger partial charge on any atom is -0.493 e. The molecule has 2 rings (SSSR count). The number of nitrogens with zero attached hydrogens (tertiary/aromatic N) is 1. The van der Waals surface area contributed by atoms with Gasteiger partial charge >= 0.3 is 0 Å². The van der Waals surface area contributed by atoms with Crippen LogP contribution in [0.15, 0.2) is 23.8 Å². The van der Waals surface area contributed by atoms with Gasteiger partial charge in [0.25, 0.3) is 5.91 Å². The van der Waals surface area contributed by atoms with Crippen LogP contribution < -0.4 is 15.2 Å². The van der Waals surface area contributed by atoms with Gasteiger partial charge in [-0.25, -0.2) is 0 Å². The van der Waals surface area contributed by atoms with Crippen LogP contribution >= 0.6 is 0 Å². The number of carbonyl (C=O) groups excluding carboxylic acids is 1. The molecule has 1 heterocycles. The van der Waals surface area contributed by atoms with Gasteiger partial charge in [0.15, 0.2) is 11.5 Å². The summed E-state index contributed by atoms with van der Waals surface area (Å²) in [5.74, 6) is 0.960. The second kappa shape index (κ2) is 5.86. The molecule has 0 aliphatic carbocycles. The van der Waals surface area contributed by atoms with Crippen molar-refractivity contribution in [3.63, 3.8) is 0 Å². The molecule has 1 aliphatic heterocycles. The Morgan fingerprint density at radius 3 is 2.50 bits per heavy atom. The molecule has 0 spiro atoms. The van der Waals surface area contributed by atoms with E-state index >= 15 is 0 Å². The van der Waals surface area contributed by atoms with Crippen LogP contribution in [-0.4, -0.2) is 38.1 Å². The van der Waals surface area contributed by atoms with Crippen molar-refractivity contribution in [1.82, 2.24) is 4.90 Å². The van der Waals surface area contributed by atoms with E-state index in [2.05, 4.69) is 6.08 Å². The smallest absolute Gasteiger partial charge is 0.256 e. The van der Waals surface area contributed by atoms with Crippen molar-refractivity contribution >= 4 is 11.6 Å². The van der Waals surface area contributed by atoms with Crippen LogP contribution in [0, 0.1) is 0 Å². The molecular weight excluding hydrogens is 256 g/mol. The lowest BCUT2D eigenvalue weighted by molar-refractivity contribution is 0.0766. The van der Waals surface area contributed by atoms with Gasteiger partial charge in [0.2, 0.25) is 0 Å². The van der Waals surface area contributed by atoms with E-state index in [1.807, 2.05) is 6.92 Å². The van der Waals surface area contributed by atoms with Crippen LogP contribution in [0.3, 0.4) is 0 Å². The first-order chi connectivity index (χ1) is 9.56. The van der Waals surface area contributed by atoms with Crippen LogP contribution in [0.1, 0.15) is 23.7 Å². The van der Waals surface area contributed by atoms with E-state index < -0.39 is 0 Å². The number of anilines is 1. The number of hydrogen-bond donors (Lipinski definition) is 1.